The van der Waals surface area contributed by atoms with E-state index in [0.29, 0.717) is 17.9 Å². The molecule has 0 bridgehead atoms. The lowest BCUT2D eigenvalue weighted by molar-refractivity contribution is 0.102. The molecule has 1 amide bonds. The van der Waals surface area contributed by atoms with E-state index in [1.807, 2.05) is 31.2 Å². The Hall–Kier alpha value is -2.20. The predicted molar refractivity (Wildman–Crippen MR) is 76.1 cm³/mol. The van der Waals surface area contributed by atoms with E-state index in [1.54, 1.807) is 18.2 Å². The summed E-state index contributed by atoms with van der Waals surface area (Å²) in [6, 6.07) is 13.0. The Morgan fingerprint density at radius 2 is 1.95 bits per heavy atom. The highest BCUT2D eigenvalue weighted by atomic mass is 16.1. The van der Waals surface area contributed by atoms with Crippen molar-refractivity contribution in [2.45, 2.75) is 13.3 Å². The topological polar surface area (TPSA) is 68.0 Å². The summed E-state index contributed by atoms with van der Waals surface area (Å²) in [7, 11) is 0. The van der Waals surface area contributed by atoms with Crippen LogP contribution in [0, 0.1) is 6.92 Å². The average molecular weight is 255 g/mol. The van der Waals surface area contributed by atoms with Crippen LogP contribution in [0.1, 0.15) is 21.6 Å². The zero-order valence-corrected chi connectivity index (χ0v) is 10.9. The van der Waals surface area contributed by atoms with Gasteiger partial charge in [-0.2, -0.15) is 0 Å². The van der Waals surface area contributed by atoms with Gasteiger partial charge in [0.1, 0.15) is 5.82 Å². The third-order valence-corrected chi connectivity index (χ3v) is 2.78. The molecule has 3 N–H and O–H groups in total. The molecule has 4 nitrogen and oxygen atoms in total. The summed E-state index contributed by atoms with van der Waals surface area (Å²) in [5.41, 5.74) is 8.11. The molecule has 1 heterocycles. The van der Waals surface area contributed by atoms with Crippen LogP contribution in [0.15, 0.2) is 42.5 Å². The van der Waals surface area contributed by atoms with Crippen molar-refractivity contribution in [2.75, 3.05) is 11.9 Å². The van der Waals surface area contributed by atoms with E-state index in [2.05, 4.69) is 10.3 Å². The Morgan fingerprint density at radius 1 is 1.21 bits per heavy atom. The Morgan fingerprint density at radius 3 is 2.58 bits per heavy atom. The first-order valence-electron chi connectivity index (χ1n) is 6.23. The number of nitrogens with two attached hydrogens (primary N) is 1. The first-order chi connectivity index (χ1) is 9.19. The van der Waals surface area contributed by atoms with E-state index in [-0.39, 0.29) is 5.91 Å². The fourth-order valence-electron chi connectivity index (χ4n) is 1.79. The number of rotatable bonds is 4. The molecule has 0 saturated heterocycles. The maximum atomic E-state index is 12.0. The molecule has 0 atom stereocenters. The summed E-state index contributed by atoms with van der Waals surface area (Å²) >= 11 is 0. The second-order valence-corrected chi connectivity index (χ2v) is 4.35. The largest absolute Gasteiger partial charge is 0.330 e. The van der Waals surface area contributed by atoms with E-state index in [1.165, 1.54) is 0 Å². The van der Waals surface area contributed by atoms with Crippen LogP contribution < -0.4 is 11.1 Å². The second kappa shape index (κ2) is 6.11. The molecule has 2 aromatic rings. The number of carbonyl (C=O) groups excluding carboxylic acids is 1. The van der Waals surface area contributed by atoms with Crippen molar-refractivity contribution in [1.82, 2.24) is 4.98 Å². The lowest BCUT2D eigenvalue weighted by Crippen LogP contribution is -2.13. The standard InChI is InChI=1S/C15H17N3O/c1-11-3-2-4-14(17-11)18-15(19)13-7-5-12(6-8-13)9-10-16/h2-8H,9-10,16H2,1H3,(H,17,18,19). The number of carbonyl (C=O) groups is 1. The molecular formula is C15H17N3O. The first kappa shape index (κ1) is 13.2. The number of nitrogens with zero attached hydrogens (tertiary/aromatic N) is 1. The van der Waals surface area contributed by atoms with Crippen LogP contribution in [0.25, 0.3) is 0 Å². The van der Waals surface area contributed by atoms with Gasteiger partial charge in [-0.05, 0) is 49.7 Å². The molecule has 1 aromatic carbocycles. The summed E-state index contributed by atoms with van der Waals surface area (Å²) < 4.78 is 0. The van der Waals surface area contributed by atoms with Gasteiger partial charge >= 0.3 is 0 Å². The smallest absolute Gasteiger partial charge is 0.256 e. The fraction of sp³-hybridized carbons (Fsp3) is 0.200. The third-order valence-electron chi connectivity index (χ3n) is 2.78. The van der Waals surface area contributed by atoms with Crippen LogP contribution in [-0.4, -0.2) is 17.4 Å². The van der Waals surface area contributed by atoms with Crippen molar-refractivity contribution < 1.29 is 4.79 Å². The zero-order chi connectivity index (χ0) is 13.7. The van der Waals surface area contributed by atoms with Crippen LogP contribution in [0.4, 0.5) is 5.82 Å². The van der Waals surface area contributed by atoms with Crippen LogP contribution >= 0.6 is 0 Å². The van der Waals surface area contributed by atoms with E-state index in [4.69, 9.17) is 5.73 Å². The molecule has 0 aliphatic heterocycles. The maximum absolute atomic E-state index is 12.0. The van der Waals surface area contributed by atoms with Gasteiger partial charge in [0.2, 0.25) is 0 Å². The van der Waals surface area contributed by atoms with Gasteiger partial charge < -0.3 is 11.1 Å². The molecule has 19 heavy (non-hydrogen) atoms. The van der Waals surface area contributed by atoms with Gasteiger partial charge in [-0.3, -0.25) is 4.79 Å². The number of benzene rings is 1. The van der Waals surface area contributed by atoms with Crippen molar-refractivity contribution in [3.63, 3.8) is 0 Å². The highest BCUT2D eigenvalue weighted by Gasteiger charge is 2.06. The lowest BCUT2D eigenvalue weighted by atomic mass is 10.1. The quantitative estimate of drug-likeness (QED) is 0.879. The Bertz CT molecular complexity index is 564. The highest BCUT2D eigenvalue weighted by Crippen LogP contribution is 2.09. The van der Waals surface area contributed by atoms with Gasteiger partial charge in [0.05, 0.1) is 0 Å². The number of anilines is 1. The molecule has 0 spiro atoms. The summed E-state index contributed by atoms with van der Waals surface area (Å²) in [4.78, 5) is 16.3. The number of aromatic nitrogens is 1. The number of amides is 1. The number of hydrogen-bond acceptors (Lipinski definition) is 3. The lowest BCUT2D eigenvalue weighted by Gasteiger charge is -2.06. The third kappa shape index (κ3) is 3.63. The summed E-state index contributed by atoms with van der Waals surface area (Å²) in [6.07, 6.45) is 0.821. The molecule has 2 rings (SSSR count). The molecule has 1 aromatic heterocycles. The van der Waals surface area contributed by atoms with E-state index in [9.17, 15) is 4.79 Å². The van der Waals surface area contributed by atoms with Gasteiger partial charge in [0.15, 0.2) is 0 Å². The molecule has 0 radical (unpaired) electrons. The van der Waals surface area contributed by atoms with Gasteiger partial charge in [-0.1, -0.05) is 18.2 Å². The molecule has 0 aliphatic carbocycles. The van der Waals surface area contributed by atoms with Crippen LogP contribution in [0.2, 0.25) is 0 Å². The second-order valence-electron chi connectivity index (χ2n) is 4.35. The molecule has 98 valence electrons. The minimum atomic E-state index is -0.155. The van der Waals surface area contributed by atoms with Gasteiger partial charge in [0, 0.05) is 11.3 Å². The van der Waals surface area contributed by atoms with E-state index >= 15 is 0 Å². The predicted octanol–water partition coefficient (Wildman–Crippen LogP) is 2.14. The van der Waals surface area contributed by atoms with E-state index in [0.717, 1.165) is 17.7 Å². The summed E-state index contributed by atoms with van der Waals surface area (Å²) in [6.45, 7) is 2.50. The van der Waals surface area contributed by atoms with Crippen molar-refractivity contribution in [3.8, 4) is 0 Å². The number of pyridine rings is 1. The first-order valence-corrected chi connectivity index (χ1v) is 6.23. The van der Waals surface area contributed by atoms with Crippen molar-refractivity contribution in [2.24, 2.45) is 5.73 Å². The molecule has 0 aliphatic rings. The average Bonchev–Trinajstić information content (AvgIpc) is 2.40. The number of nitrogens with one attached hydrogen (secondary N) is 1. The van der Waals surface area contributed by atoms with Crippen LogP contribution in [0.3, 0.4) is 0 Å². The molecule has 0 saturated carbocycles. The van der Waals surface area contributed by atoms with Gasteiger partial charge in [0.25, 0.3) is 5.91 Å². The molecule has 4 heteroatoms. The summed E-state index contributed by atoms with van der Waals surface area (Å²) in [5.74, 6) is 0.411. The Labute approximate surface area is 112 Å². The molecular weight excluding hydrogens is 238 g/mol. The van der Waals surface area contributed by atoms with Crippen LogP contribution in [-0.2, 0) is 6.42 Å². The van der Waals surface area contributed by atoms with Crippen LogP contribution in [0.5, 0.6) is 0 Å². The molecule has 0 unspecified atom stereocenters. The van der Waals surface area contributed by atoms with Gasteiger partial charge in [-0.15, -0.1) is 0 Å². The number of hydrogen-bond donors (Lipinski definition) is 2. The van der Waals surface area contributed by atoms with E-state index < -0.39 is 0 Å². The number of aryl methyl sites for hydroxylation is 1. The zero-order valence-electron chi connectivity index (χ0n) is 10.9. The minimum absolute atomic E-state index is 0.155. The van der Waals surface area contributed by atoms with Crippen molar-refractivity contribution in [3.05, 3.63) is 59.3 Å². The Balaban J connectivity index is 2.07. The van der Waals surface area contributed by atoms with Gasteiger partial charge in [-0.25, -0.2) is 4.98 Å². The highest BCUT2D eigenvalue weighted by molar-refractivity contribution is 6.03. The Kier molecular flexibility index (Phi) is 4.26. The monoisotopic (exact) mass is 255 g/mol. The SMILES string of the molecule is Cc1cccc(NC(=O)c2ccc(CCN)cc2)n1. The summed E-state index contributed by atoms with van der Waals surface area (Å²) in [5, 5.41) is 2.78. The molecule has 0 fully saturated rings. The fourth-order valence-corrected chi connectivity index (χ4v) is 1.79. The normalized spacial score (nSPS) is 10.2. The van der Waals surface area contributed by atoms with Crippen molar-refractivity contribution >= 4 is 11.7 Å². The van der Waals surface area contributed by atoms with Crippen molar-refractivity contribution in [1.29, 1.82) is 0 Å². The minimum Gasteiger partial charge on any atom is -0.330 e. The maximum Gasteiger partial charge on any atom is 0.256 e.